The second kappa shape index (κ2) is 8.43. The first-order valence-corrected chi connectivity index (χ1v) is 8.32. The first-order valence-electron chi connectivity index (χ1n) is 8.32. The van der Waals surface area contributed by atoms with Gasteiger partial charge >= 0.3 is 0 Å². The highest BCUT2D eigenvalue weighted by molar-refractivity contribution is 5.33. The maximum atomic E-state index is 10.2. The lowest BCUT2D eigenvalue weighted by Gasteiger charge is -2.31. The molecule has 2 unspecified atom stereocenters. The summed E-state index contributed by atoms with van der Waals surface area (Å²) in [6.45, 7) is 3.27. The van der Waals surface area contributed by atoms with Crippen LogP contribution in [0.2, 0.25) is 0 Å². The number of hydrogen-bond donors (Lipinski definition) is 2. The van der Waals surface area contributed by atoms with Crippen LogP contribution in [0, 0.1) is 0 Å². The van der Waals surface area contributed by atoms with Crippen molar-refractivity contribution in [1.29, 1.82) is 0 Å². The van der Waals surface area contributed by atoms with Crippen LogP contribution in [0.15, 0.2) is 24.3 Å². The van der Waals surface area contributed by atoms with Crippen molar-refractivity contribution < 1.29 is 5.11 Å². The van der Waals surface area contributed by atoms with Gasteiger partial charge in [0.05, 0.1) is 12.1 Å². The number of aliphatic hydroxyl groups is 1. The van der Waals surface area contributed by atoms with Crippen molar-refractivity contribution in [3.05, 3.63) is 35.4 Å². The van der Waals surface area contributed by atoms with Crippen LogP contribution < -0.4 is 5.32 Å². The smallest absolute Gasteiger partial charge is 0.0738 e. The van der Waals surface area contributed by atoms with Gasteiger partial charge in [0.25, 0.3) is 0 Å². The largest absolute Gasteiger partial charge is 0.391 e. The zero-order chi connectivity index (χ0) is 14.2. The van der Waals surface area contributed by atoms with Gasteiger partial charge in [-0.25, -0.2) is 0 Å². The number of nitrogens with one attached hydrogen (secondary N) is 1. The molecular weight excluding hydrogens is 246 g/mol. The van der Waals surface area contributed by atoms with Gasteiger partial charge in [0.15, 0.2) is 0 Å². The Labute approximate surface area is 123 Å². The number of rotatable bonds is 8. The Bertz CT molecular complexity index is 391. The molecule has 1 aromatic carbocycles. The summed E-state index contributed by atoms with van der Waals surface area (Å²) in [6, 6.07) is 8.67. The van der Waals surface area contributed by atoms with Crippen LogP contribution in [0.4, 0.5) is 0 Å². The summed E-state index contributed by atoms with van der Waals surface area (Å²) < 4.78 is 0. The molecule has 2 nitrogen and oxygen atoms in total. The molecule has 0 bridgehead atoms. The quantitative estimate of drug-likeness (QED) is 0.703. The monoisotopic (exact) mass is 275 g/mol. The first kappa shape index (κ1) is 15.5. The van der Waals surface area contributed by atoms with E-state index in [1.807, 2.05) is 0 Å². The Morgan fingerprint density at radius 2 is 1.85 bits per heavy atom. The molecule has 2 rings (SSSR count). The molecule has 1 aromatic rings. The Hall–Kier alpha value is -0.860. The summed E-state index contributed by atoms with van der Waals surface area (Å²) >= 11 is 0. The van der Waals surface area contributed by atoms with Crippen LogP contribution >= 0.6 is 0 Å². The third-order valence-electron chi connectivity index (χ3n) is 4.38. The van der Waals surface area contributed by atoms with Crippen molar-refractivity contribution in [3.8, 4) is 0 Å². The predicted octanol–water partition coefficient (Wildman–Crippen LogP) is 3.98. The highest BCUT2D eigenvalue weighted by Crippen LogP contribution is 2.29. The zero-order valence-electron chi connectivity index (χ0n) is 12.8. The van der Waals surface area contributed by atoms with Crippen molar-refractivity contribution in [3.63, 3.8) is 0 Å². The summed E-state index contributed by atoms with van der Waals surface area (Å²) in [5, 5.41) is 13.8. The molecule has 0 spiro atoms. The molecule has 2 N–H and O–H groups in total. The van der Waals surface area contributed by atoms with Crippen LogP contribution in [-0.4, -0.2) is 17.8 Å². The average Bonchev–Trinajstić information content (AvgIpc) is 2.48. The molecule has 0 saturated carbocycles. The standard InChI is InChI=1S/C18H29NO/c1-2-3-4-5-6-9-14-19-18-16-11-8-7-10-15(16)12-13-17(18)20/h7-8,10-11,17-20H,2-6,9,12-14H2,1H3. The van der Waals surface area contributed by atoms with E-state index in [1.54, 1.807) is 0 Å². The summed E-state index contributed by atoms with van der Waals surface area (Å²) in [5.41, 5.74) is 2.70. The number of unbranched alkanes of at least 4 members (excludes halogenated alkanes) is 5. The Morgan fingerprint density at radius 3 is 2.70 bits per heavy atom. The summed E-state index contributed by atoms with van der Waals surface area (Å²) in [7, 11) is 0. The van der Waals surface area contributed by atoms with Crippen molar-refractivity contribution >= 4 is 0 Å². The summed E-state index contributed by atoms with van der Waals surface area (Å²) in [6.07, 6.45) is 9.56. The minimum Gasteiger partial charge on any atom is -0.391 e. The van der Waals surface area contributed by atoms with Gasteiger partial charge in [-0.05, 0) is 36.9 Å². The van der Waals surface area contributed by atoms with Gasteiger partial charge in [-0.3, -0.25) is 0 Å². The SMILES string of the molecule is CCCCCCCCNC1c2ccccc2CCC1O. The van der Waals surface area contributed by atoms with Gasteiger partial charge < -0.3 is 10.4 Å². The van der Waals surface area contributed by atoms with E-state index in [-0.39, 0.29) is 12.1 Å². The van der Waals surface area contributed by atoms with E-state index >= 15 is 0 Å². The molecule has 1 aliphatic rings. The van der Waals surface area contributed by atoms with Crippen LogP contribution in [0.25, 0.3) is 0 Å². The van der Waals surface area contributed by atoms with Gasteiger partial charge in [-0.1, -0.05) is 63.3 Å². The van der Waals surface area contributed by atoms with E-state index in [4.69, 9.17) is 0 Å². The molecule has 1 aliphatic carbocycles. The average molecular weight is 275 g/mol. The van der Waals surface area contributed by atoms with Crippen molar-refractivity contribution in [2.24, 2.45) is 0 Å². The molecule has 0 aliphatic heterocycles. The second-order valence-corrected chi connectivity index (χ2v) is 6.00. The number of hydrogen-bond acceptors (Lipinski definition) is 2. The maximum Gasteiger partial charge on any atom is 0.0738 e. The topological polar surface area (TPSA) is 32.3 Å². The number of aryl methyl sites for hydroxylation is 1. The molecule has 112 valence electrons. The van der Waals surface area contributed by atoms with Crippen LogP contribution in [-0.2, 0) is 6.42 Å². The molecule has 20 heavy (non-hydrogen) atoms. The fourth-order valence-electron chi connectivity index (χ4n) is 3.15. The molecule has 0 fully saturated rings. The Morgan fingerprint density at radius 1 is 1.10 bits per heavy atom. The second-order valence-electron chi connectivity index (χ2n) is 6.00. The van der Waals surface area contributed by atoms with Crippen molar-refractivity contribution in [1.82, 2.24) is 5.32 Å². The molecule has 0 amide bonds. The molecule has 2 heteroatoms. The maximum absolute atomic E-state index is 10.2. The van der Waals surface area contributed by atoms with Crippen molar-refractivity contribution in [2.45, 2.75) is 70.4 Å². The van der Waals surface area contributed by atoms with E-state index < -0.39 is 0 Å². The highest BCUT2D eigenvalue weighted by atomic mass is 16.3. The highest BCUT2D eigenvalue weighted by Gasteiger charge is 2.26. The lowest BCUT2D eigenvalue weighted by atomic mass is 9.85. The van der Waals surface area contributed by atoms with E-state index in [0.29, 0.717) is 0 Å². The number of fused-ring (bicyclic) bond motifs is 1. The van der Waals surface area contributed by atoms with Gasteiger partial charge in [-0.15, -0.1) is 0 Å². The van der Waals surface area contributed by atoms with Crippen LogP contribution in [0.3, 0.4) is 0 Å². The van der Waals surface area contributed by atoms with Crippen LogP contribution in [0.1, 0.15) is 69.0 Å². The van der Waals surface area contributed by atoms with E-state index in [1.165, 1.54) is 49.7 Å². The number of aliphatic hydroxyl groups excluding tert-OH is 1. The van der Waals surface area contributed by atoms with E-state index in [0.717, 1.165) is 19.4 Å². The summed E-state index contributed by atoms with van der Waals surface area (Å²) in [4.78, 5) is 0. The third-order valence-corrected chi connectivity index (χ3v) is 4.38. The summed E-state index contributed by atoms with van der Waals surface area (Å²) in [5.74, 6) is 0. The predicted molar refractivity (Wildman–Crippen MR) is 84.9 cm³/mol. The lowest BCUT2D eigenvalue weighted by molar-refractivity contribution is 0.110. The fourth-order valence-corrected chi connectivity index (χ4v) is 3.15. The van der Waals surface area contributed by atoms with Crippen LogP contribution in [0.5, 0.6) is 0 Å². The minimum atomic E-state index is -0.231. The third kappa shape index (κ3) is 4.32. The van der Waals surface area contributed by atoms with Gasteiger partial charge in [0.1, 0.15) is 0 Å². The molecule has 0 aromatic heterocycles. The fraction of sp³-hybridized carbons (Fsp3) is 0.667. The van der Waals surface area contributed by atoms with Gasteiger partial charge in [0, 0.05) is 0 Å². The molecule has 0 saturated heterocycles. The first-order chi connectivity index (χ1) is 9.83. The Balaban J connectivity index is 1.75. The van der Waals surface area contributed by atoms with E-state index in [9.17, 15) is 5.11 Å². The molecular formula is C18H29NO. The molecule has 0 heterocycles. The number of benzene rings is 1. The normalized spacial score (nSPS) is 21.7. The zero-order valence-corrected chi connectivity index (χ0v) is 12.8. The minimum absolute atomic E-state index is 0.135. The van der Waals surface area contributed by atoms with Crippen molar-refractivity contribution in [2.75, 3.05) is 6.54 Å². The van der Waals surface area contributed by atoms with Gasteiger partial charge in [0.2, 0.25) is 0 Å². The lowest BCUT2D eigenvalue weighted by Crippen LogP contribution is -2.36. The molecule has 2 atom stereocenters. The van der Waals surface area contributed by atoms with Gasteiger partial charge in [-0.2, -0.15) is 0 Å². The molecule has 0 radical (unpaired) electrons. The van der Waals surface area contributed by atoms with E-state index in [2.05, 4.69) is 36.5 Å². The Kier molecular flexibility index (Phi) is 6.55.